The van der Waals surface area contributed by atoms with Crippen molar-refractivity contribution in [3.05, 3.63) is 35.4 Å². The Labute approximate surface area is 115 Å². The Hall–Kier alpha value is -1.35. The molecule has 1 aromatic rings. The second-order valence-corrected chi connectivity index (χ2v) is 5.75. The molecule has 0 spiro atoms. The summed E-state index contributed by atoms with van der Waals surface area (Å²) in [5, 5.41) is 3.34. The van der Waals surface area contributed by atoms with Gasteiger partial charge in [-0.15, -0.1) is 0 Å². The van der Waals surface area contributed by atoms with Crippen molar-refractivity contribution in [3.8, 4) is 0 Å². The van der Waals surface area contributed by atoms with Crippen LogP contribution in [-0.4, -0.2) is 30.4 Å². The molecule has 0 radical (unpaired) electrons. The summed E-state index contributed by atoms with van der Waals surface area (Å²) in [6, 6.07) is 8.54. The highest BCUT2D eigenvalue weighted by Crippen LogP contribution is 2.21. The van der Waals surface area contributed by atoms with E-state index >= 15 is 0 Å². The second-order valence-electron chi connectivity index (χ2n) is 5.75. The fourth-order valence-corrected chi connectivity index (χ4v) is 3.18. The number of carbonyl (C=O) groups is 1. The Balaban J connectivity index is 1.66. The van der Waals surface area contributed by atoms with Crippen molar-refractivity contribution >= 4 is 5.91 Å². The first-order chi connectivity index (χ1) is 9.33. The lowest BCUT2D eigenvalue weighted by Gasteiger charge is -2.22. The summed E-state index contributed by atoms with van der Waals surface area (Å²) in [6.07, 6.45) is 4.06. The number of aryl methyl sites for hydroxylation is 1. The van der Waals surface area contributed by atoms with Gasteiger partial charge in [0.2, 0.25) is 5.91 Å². The molecular formula is C16H22N2O. The third-order valence-corrected chi connectivity index (χ3v) is 4.33. The highest BCUT2D eigenvalue weighted by molar-refractivity contribution is 5.76. The molecule has 1 fully saturated rings. The maximum Gasteiger partial charge on any atom is 0.223 e. The van der Waals surface area contributed by atoms with Crippen LogP contribution < -0.4 is 5.32 Å². The molecule has 0 bridgehead atoms. The summed E-state index contributed by atoms with van der Waals surface area (Å²) >= 11 is 0. The lowest BCUT2D eigenvalue weighted by Crippen LogP contribution is -2.32. The molecule has 1 unspecified atom stereocenters. The van der Waals surface area contributed by atoms with Crippen LogP contribution in [0.5, 0.6) is 0 Å². The van der Waals surface area contributed by atoms with Gasteiger partial charge in [-0.1, -0.05) is 24.3 Å². The van der Waals surface area contributed by atoms with Crippen LogP contribution in [0.15, 0.2) is 24.3 Å². The molecule has 1 N–H and O–H groups in total. The van der Waals surface area contributed by atoms with Gasteiger partial charge in [-0.2, -0.15) is 0 Å². The maximum atomic E-state index is 12.4. The van der Waals surface area contributed by atoms with Crippen molar-refractivity contribution < 1.29 is 4.79 Å². The lowest BCUT2D eigenvalue weighted by atomic mass is 10.0. The van der Waals surface area contributed by atoms with Gasteiger partial charge in [-0.3, -0.25) is 4.79 Å². The molecule has 1 amide bonds. The maximum absolute atomic E-state index is 12.4. The number of nitrogens with one attached hydrogen (secondary N) is 1. The number of hydrogen-bond acceptors (Lipinski definition) is 2. The van der Waals surface area contributed by atoms with E-state index in [2.05, 4.69) is 34.5 Å². The molecule has 1 aromatic carbocycles. The zero-order valence-electron chi connectivity index (χ0n) is 11.4. The van der Waals surface area contributed by atoms with E-state index in [9.17, 15) is 4.79 Å². The number of amides is 1. The number of hydrogen-bond donors (Lipinski definition) is 1. The number of fused-ring (bicyclic) bond motifs is 1. The summed E-state index contributed by atoms with van der Waals surface area (Å²) in [6.45, 7) is 3.79. The van der Waals surface area contributed by atoms with Gasteiger partial charge in [0.1, 0.15) is 0 Å². The van der Waals surface area contributed by atoms with Gasteiger partial charge in [0.05, 0.1) is 0 Å². The van der Waals surface area contributed by atoms with Crippen LogP contribution in [0.4, 0.5) is 0 Å². The van der Waals surface area contributed by atoms with E-state index in [-0.39, 0.29) is 0 Å². The minimum Gasteiger partial charge on any atom is -0.338 e. The molecule has 3 heteroatoms. The molecule has 1 saturated heterocycles. The number of carbonyl (C=O) groups excluding carboxylic acids is 1. The van der Waals surface area contributed by atoms with E-state index in [0.717, 1.165) is 51.9 Å². The monoisotopic (exact) mass is 258 g/mol. The molecule has 2 aliphatic heterocycles. The van der Waals surface area contributed by atoms with Crippen LogP contribution in [0.3, 0.4) is 0 Å². The fourth-order valence-electron chi connectivity index (χ4n) is 3.18. The van der Waals surface area contributed by atoms with E-state index < -0.39 is 0 Å². The normalized spacial score (nSPS) is 22.9. The second kappa shape index (κ2) is 5.74. The SMILES string of the molecule is O=C(CC1CCNC1)N1CCCc2ccccc2C1. The Morgan fingerprint density at radius 1 is 1.32 bits per heavy atom. The van der Waals surface area contributed by atoms with Gasteiger partial charge in [-0.25, -0.2) is 0 Å². The first-order valence-electron chi connectivity index (χ1n) is 7.38. The van der Waals surface area contributed by atoms with Crippen molar-refractivity contribution in [2.24, 2.45) is 5.92 Å². The van der Waals surface area contributed by atoms with Gasteiger partial charge < -0.3 is 10.2 Å². The van der Waals surface area contributed by atoms with E-state index in [4.69, 9.17) is 0 Å². The zero-order valence-corrected chi connectivity index (χ0v) is 11.4. The number of nitrogens with zero attached hydrogens (tertiary/aromatic N) is 1. The molecule has 19 heavy (non-hydrogen) atoms. The number of benzene rings is 1. The van der Waals surface area contributed by atoms with Crippen LogP contribution in [-0.2, 0) is 17.8 Å². The molecule has 2 aliphatic rings. The summed E-state index contributed by atoms with van der Waals surface area (Å²) in [5.41, 5.74) is 2.75. The zero-order chi connectivity index (χ0) is 13.1. The molecule has 0 saturated carbocycles. The molecule has 1 atom stereocenters. The molecule has 102 valence electrons. The Morgan fingerprint density at radius 3 is 2.95 bits per heavy atom. The number of rotatable bonds is 2. The molecular weight excluding hydrogens is 236 g/mol. The molecule has 0 aromatic heterocycles. The summed E-state index contributed by atoms with van der Waals surface area (Å²) < 4.78 is 0. The van der Waals surface area contributed by atoms with Crippen molar-refractivity contribution in [3.63, 3.8) is 0 Å². The lowest BCUT2D eigenvalue weighted by molar-refractivity contribution is -0.132. The fraction of sp³-hybridized carbons (Fsp3) is 0.562. The topological polar surface area (TPSA) is 32.3 Å². The first kappa shape index (κ1) is 12.7. The smallest absolute Gasteiger partial charge is 0.223 e. The van der Waals surface area contributed by atoms with Crippen molar-refractivity contribution in [1.82, 2.24) is 10.2 Å². The predicted octanol–water partition coefficient (Wildman–Crippen LogP) is 1.96. The molecule has 2 heterocycles. The average Bonchev–Trinajstić information content (AvgIpc) is 2.82. The van der Waals surface area contributed by atoms with Gasteiger partial charge in [0.25, 0.3) is 0 Å². The van der Waals surface area contributed by atoms with Gasteiger partial charge in [0.15, 0.2) is 0 Å². The minimum absolute atomic E-state index is 0.338. The standard InChI is InChI=1S/C16H22N2O/c19-16(10-13-7-8-17-11-13)18-9-3-6-14-4-1-2-5-15(14)12-18/h1-2,4-5,13,17H,3,6-12H2. The molecule has 0 aliphatic carbocycles. The van der Waals surface area contributed by atoms with Crippen LogP contribution >= 0.6 is 0 Å². The Bertz CT molecular complexity index is 452. The largest absolute Gasteiger partial charge is 0.338 e. The Morgan fingerprint density at radius 2 is 2.16 bits per heavy atom. The van der Waals surface area contributed by atoms with E-state index in [1.54, 1.807) is 0 Å². The third kappa shape index (κ3) is 2.98. The van der Waals surface area contributed by atoms with Gasteiger partial charge in [0, 0.05) is 19.5 Å². The molecule has 3 rings (SSSR count). The third-order valence-electron chi connectivity index (χ3n) is 4.33. The quantitative estimate of drug-likeness (QED) is 0.879. The van der Waals surface area contributed by atoms with Crippen molar-refractivity contribution in [2.45, 2.75) is 32.2 Å². The summed E-state index contributed by atoms with van der Waals surface area (Å²) in [4.78, 5) is 14.5. The van der Waals surface area contributed by atoms with Gasteiger partial charge >= 0.3 is 0 Å². The first-order valence-corrected chi connectivity index (χ1v) is 7.38. The van der Waals surface area contributed by atoms with Crippen LogP contribution in [0, 0.1) is 5.92 Å². The van der Waals surface area contributed by atoms with Gasteiger partial charge in [-0.05, 0) is 49.4 Å². The van der Waals surface area contributed by atoms with E-state index in [0.29, 0.717) is 11.8 Å². The van der Waals surface area contributed by atoms with Crippen LogP contribution in [0.2, 0.25) is 0 Å². The predicted molar refractivity (Wildman–Crippen MR) is 75.8 cm³/mol. The Kier molecular flexibility index (Phi) is 3.83. The average molecular weight is 258 g/mol. The molecule has 3 nitrogen and oxygen atoms in total. The highest BCUT2D eigenvalue weighted by atomic mass is 16.2. The van der Waals surface area contributed by atoms with Crippen molar-refractivity contribution in [1.29, 1.82) is 0 Å². The van der Waals surface area contributed by atoms with Crippen LogP contribution in [0.1, 0.15) is 30.4 Å². The van der Waals surface area contributed by atoms with E-state index in [1.165, 1.54) is 11.1 Å². The summed E-state index contributed by atoms with van der Waals surface area (Å²) in [5.74, 6) is 0.886. The summed E-state index contributed by atoms with van der Waals surface area (Å²) in [7, 11) is 0. The van der Waals surface area contributed by atoms with Crippen molar-refractivity contribution in [2.75, 3.05) is 19.6 Å². The minimum atomic E-state index is 0.338. The van der Waals surface area contributed by atoms with Crippen LogP contribution in [0.25, 0.3) is 0 Å². The highest BCUT2D eigenvalue weighted by Gasteiger charge is 2.23. The van der Waals surface area contributed by atoms with E-state index in [1.807, 2.05) is 0 Å².